The highest BCUT2D eigenvalue weighted by molar-refractivity contribution is 5.79. The van der Waals surface area contributed by atoms with Crippen molar-refractivity contribution in [3.8, 4) is 5.75 Å². The third-order valence-electron chi connectivity index (χ3n) is 3.08. The van der Waals surface area contributed by atoms with Gasteiger partial charge in [-0.25, -0.2) is 4.39 Å². The molecule has 2 nitrogen and oxygen atoms in total. The van der Waals surface area contributed by atoms with Crippen LogP contribution in [0.3, 0.4) is 0 Å². The molecule has 0 saturated heterocycles. The summed E-state index contributed by atoms with van der Waals surface area (Å²) in [6, 6.07) is 12.0. The van der Waals surface area contributed by atoms with Crippen molar-refractivity contribution in [2.24, 2.45) is 0 Å². The van der Waals surface area contributed by atoms with E-state index in [0.717, 1.165) is 24.7 Å². The Labute approximate surface area is 118 Å². The van der Waals surface area contributed by atoms with Gasteiger partial charge in [-0.15, -0.1) is 0 Å². The zero-order valence-corrected chi connectivity index (χ0v) is 11.4. The van der Waals surface area contributed by atoms with Crippen molar-refractivity contribution < 1.29 is 13.9 Å². The molecular formula is C17H17FO2. The third kappa shape index (κ3) is 3.44. The van der Waals surface area contributed by atoms with Crippen LogP contribution in [-0.4, -0.2) is 6.29 Å². The van der Waals surface area contributed by atoms with Crippen LogP contribution in [0.4, 0.5) is 4.39 Å². The van der Waals surface area contributed by atoms with Gasteiger partial charge < -0.3 is 4.74 Å². The van der Waals surface area contributed by atoms with Crippen molar-refractivity contribution in [2.75, 3.05) is 0 Å². The molecule has 0 bridgehead atoms. The van der Waals surface area contributed by atoms with Crippen molar-refractivity contribution in [3.63, 3.8) is 0 Å². The number of hydrogen-bond acceptors (Lipinski definition) is 2. The Morgan fingerprint density at radius 3 is 2.70 bits per heavy atom. The Balaban J connectivity index is 2.17. The van der Waals surface area contributed by atoms with E-state index >= 15 is 0 Å². The maximum atomic E-state index is 13.5. The van der Waals surface area contributed by atoms with Crippen molar-refractivity contribution in [2.45, 2.75) is 26.4 Å². The van der Waals surface area contributed by atoms with Crippen LogP contribution in [0, 0.1) is 5.82 Å². The van der Waals surface area contributed by atoms with Gasteiger partial charge in [-0.3, -0.25) is 4.79 Å². The maximum Gasteiger partial charge on any atom is 0.153 e. The van der Waals surface area contributed by atoms with Gasteiger partial charge in [-0.05, 0) is 30.2 Å². The van der Waals surface area contributed by atoms with Crippen LogP contribution in [0.5, 0.6) is 5.75 Å². The number of aldehydes is 1. The number of halogens is 1. The second-order valence-electron chi connectivity index (χ2n) is 4.62. The summed E-state index contributed by atoms with van der Waals surface area (Å²) in [5.74, 6) is 0.207. The van der Waals surface area contributed by atoms with E-state index < -0.39 is 0 Å². The lowest BCUT2D eigenvalue weighted by molar-refractivity contribution is 0.111. The van der Waals surface area contributed by atoms with Gasteiger partial charge in [0.05, 0.1) is 5.56 Å². The highest BCUT2D eigenvalue weighted by atomic mass is 19.1. The first-order valence-corrected chi connectivity index (χ1v) is 6.69. The molecule has 0 fully saturated rings. The summed E-state index contributed by atoms with van der Waals surface area (Å²) in [6.07, 6.45) is 2.70. The minimum absolute atomic E-state index is 0.114. The number of ether oxygens (including phenoxy) is 1. The molecule has 2 aromatic carbocycles. The van der Waals surface area contributed by atoms with E-state index in [2.05, 4.69) is 6.92 Å². The summed E-state index contributed by atoms with van der Waals surface area (Å²) in [7, 11) is 0. The van der Waals surface area contributed by atoms with Crippen molar-refractivity contribution in [3.05, 3.63) is 65.0 Å². The molecule has 0 heterocycles. The molecule has 0 N–H and O–H groups in total. The summed E-state index contributed by atoms with van der Waals surface area (Å²) in [6.45, 7) is 2.20. The summed E-state index contributed by atoms with van der Waals surface area (Å²) >= 11 is 0. The smallest absolute Gasteiger partial charge is 0.153 e. The summed E-state index contributed by atoms with van der Waals surface area (Å²) < 4.78 is 19.1. The summed E-state index contributed by atoms with van der Waals surface area (Å²) in [5, 5.41) is 0. The predicted molar refractivity (Wildman–Crippen MR) is 76.6 cm³/mol. The van der Waals surface area contributed by atoms with Crippen molar-refractivity contribution in [1.82, 2.24) is 0 Å². The quantitative estimate of drug-likeness (QED) is 0.738. The lowest BCUT2D eigenvalue weighted by atomic mass is 10.1. The van der Waals surface area contributed by atoms with Crippen molar-refractivity contribution >= 4 is 6.29 Å². The molecule has 0 aromatic heterocycles. The first kappa shape index (κ1) is 14.3. The Kier molecular flexibility index (Phi) is 4.88. The highest BCUT2D eigenvalue weighted by Crippen LogP contribution is 2.21. The van der Waals surface area contributed by atoms with Gasteiger partial charge in [0.2, 0.25) is 0 Å². The number of benzene rings is 2. The van der Waals surface area contributed by atoms with Crippen LogP contribution in [0.2, 0.25) is 0 Å². The number of aryl methyl sites for hydroxylation is 1. The summed E-state index contributed by atoms with van der Waals surface area (Å²) in [5.41, 5.74) is 2.08. The van der Waals surface area contributed by atoms with Gasteiger partial charge >= 0.3 is 0 Å². The minimum atomic E-state index is -0.301. The van der Waals surface area contributed by atoms with E-state index in [-0.39, 0.29) is 12.4 Å². The second kappa shape index (κ2) is 6.85. The van der Waals surface area contributed by atoms with Gasteiger partial charge in [0.15, 0.2) is 6.29 Å². The van der Waals surface area contributed by atoms with Gasteiger partial charge in [0, 0.05) is 5.56 Å². The number of hydrogen-bond donors (Lipinski definition) is 0. The Hall–Kier alpha value is -2.16. The lowest BCUT2D eigenvalue weighted by Crippen LogP contribution is -2.01. The summed E-state index contributed by atoms with van der Waals surface area (Å²) in [4.78, 5) is 11.0. The van der Waals surface area contributed by atoms with Gasteiger partial charge in [0.1, 0.15) is 18.2 Å². The first-order valence-electron chi connectivity index (χ1n) is 6.69. The average Bonchev–Trinajstić information content (AvgIpc) is 2.47. The Morgan fingerprint density at radius 1 is 1.20 bits per heavy atom. The number of carbonyl (C=O) groups excluding carboxylic acids is 1. The molecule has 0 aliphatic rings. The van der Waals surface area contributed by atoms with E-state index in [9.17, 15) is 9.18 Å². The Bertz CT molecular complexity index is 593. The molecule has 3 heteroatoms. The fourth-order valence-corrected chi connectivity index (χ4v) is 2.02. The highest BCUT2D eigenvalue weighted by Gasteiger charge is 2.07. The lowest BCUT2D eigenvalue weighted by Gasteiger charge is -2.11. The Morgan fingerprint density at radius 2 is 2.00 bits per heavy atom. The minimum Gasteiger partial charge on any atom is -0.488 e. The third-order valence-corrected chi connectivity index (χ3v) is 3.08. The van der Waals surface area contributed by atoms with Crippen LogP contribution in [0.15, 0.2) is 42.5 Å². The molecule has 2 aromatic rings. The fraction of sp³-hybridized carbons (Fsp3) is 0.235. The van der Waals surface area contributed by atoms with E-state index in [1.54, 1.807) is 24.3 Å². The molecule has 0 aliphatic heterocycles. The molecule has 0 unspecified atom stereocenters. The molecule has 20 heavy (non-hydrogen) atoms. The van der Waals surface area contributed by atoms with E-state index in [0.29, 0.717) is 16.9 Å². The zero-order valence-electron chi connectivity index (χ0n) is 11.4. The maximum absolute atomic E-state index is 13.5. The molecule has 0 aliphatic carbocycles. The van der Waals surface area contributed by atoms with Gasteiger partial charge in [-0.2, -0.15) is 0 Å². The SMILES string of the molecule is CCCc1ccc(C=O)c(OCc2ccccc2F)c1. The second-order valence-corrected chi connectivity index (χ2v) is 4.62. The standard InChI is InChI=1S/C17H17FO2/c1-2-5-13-8-9-14(11-19)17(10-13)20-12-15-6-3-4-7-16(15)18/h3-4,6-11H,2,5,12H2,1H3. The molecule has 0 saturated carbocycles. The molecular weight excluding hydrogens is 255 g/mol. The zero-order chi connectivity index (χ0) is 14.4. The van der Waals surface area contributed by atoms with Crippen LogP contribution >= 0.6 is 0 Å². The van der Waals surface area contributed by atoms with E-state index in [4.69, 9.17) is 4.74 Å². The van der Waals surface area contributed by atoms with E-state index in [1.165, 1.54) is 6.07 Å². The van der Waals surface area contributed by atoms with Gasteiger partial charge in [0.25, 0.3) is 0 Å². The molecule has 0 spiro atoms. The number of carbonyl (C=O) groups is 1. The fourth-order valence-electron chi connectivity index (χ4n) is 2.02. The van der Waals surface area contributed by atoms with Crippen LogP contribution in [0.25, 0.3) is 0 Å². The molecule has 0 atom stereocenters. The van der Waals surface area contributed by atoms with Crippen LogP contribution in [-0.2, 0) is 13.0 Å². The first-order chi connectivity index (χ1) is 9.74. The van der Waals surface area contributed by atoms with Crippen LogP contribution in [0.1, 0.15) is 34.8 Å². The topological polar surface area (TPSA) is 26.3 Å². The monoisotopic (exact) mass is 272 g/mol. The number of rotatable bonds is 6. The average molecular weight is 272 g/mol. The normalized spacial score (nSPS) is 10.3. The van der Waals surface area contributed by atoms with E-state index in [1.807, 2.05) is 12.1 Å². The van der Waals surface area contributed by atoms with Crippen LogP contribution < -0.4 is 4.74 Å². The largest absolute Gasteiger partial charge is 0.488 e. The predicted octanol–water partition coefficient (Wildman–Crippen LogP) is 4.17. The molecule has 0 radical (unpaired) electrons. The van der Waals surface area contributed by atoms with Crippen molar-refractivity contribution in [1.29, 1.82) is 0 Å². The molecule has 2 rings (SSSR count). The molecule has 104 valence electrons. The van der Waals surface area contributed by atoms with Gasteiger partial charge in [-0.1, -0.05) is 37.6 Å². The molecule has 0 amide bonds.